The molecule has 0 unspecified atom stereocenters. The molecule has 0 fully saturated rings. The maximum absolute atomic E-state index is 3.50. The molecule has 8 heavy (non-hydrogen) atoms. The first-order valence-corrected chi connectivity index (χ1v) is 0.894. The third kappa shape index (κ3) is 329. The van der Waals surface area contributed by atoms with Gasteiger partial charge in [0.15, 0.2) is 0 Å². The Morgan fingerprint density at radius 1 is 0.750 bits per heavy atom. The van der Waals surface area contributed by atoms with E-state index in [-0.39, 0.29) is 55.9 Å². The van der Waals surface area contributed by atoms with Gasteiger partial charge < -0.3 is 35.0 Å². The Hall–Kier alpha value is 0.843. The zero-order valence-electron chi connectivity index (χ0n) is 6.95. The van der Waals surface area contributed by atoms with E-state index in [1.807, 2.05) is 0 Å². The van der Waals surface area contributed by atoms with Crippen molar-refractivity contribution in [2.75, 3.05) is 14.1 Å². The second-order valence-electron chi connectivity index (χ2n) is 0.447. The molecule has 0 atom stereocenters. The molecule has 0 aromatic heterocycles. The molecule has 0 aliphatic rings. The third-order valence-electron chi connectivity index (χ3n) is 0. The van der Waals surface area contributed by atoms with Gasteiger partial charge in [0.05, 0.1) is 0 Å². The van der Waals surface area contributed by atoms with Crippen molar-refractivity contribution in [2.24, 2.45) is 0 Å². The van der Waals surface area contributed by atoms with Crippen LogP contribution < -0.4 is 0 Å². The summed E-state index contributed by atoms with van der Waals surface area (Å²) < 4.78 is 0. The largest absolute Gasteiger partial charge is 0.668 e. The van der Waals surface area contributed by atoms with Crippen LogP contribution >= 0.6 is 0 Å². The molecule has 0 spiro atoms. The maximum atomic E-state index is 3.50. The Morgan fingerprint density at radius 3 is 0.750 bits per heavy atom. The quantitative estimate of drug-likeness (QED) is 0.527. The fraction of sp³-hybridized carbons (Fsp3) is 0.333. The van der Waals surface area contributed by atoms with Crippen LogP contribution in [0.3, 0.4) is 0 Å². The van der Waals surface area contributed by atoms with Crippen LogP contribution in [0, 0.1) is 29.7 Å². The van der Waals surface area contributed by atoms with Crippen molar-refractivity contribution >= 4 is 0 Å². The summed E-state index contributed by atoms with van der Waals surface area (Å²) in [6.45, 7) is 0. The van der Waals surface area contributed by atoms with Gasteiger partial charge in [0.2, 0.25) is 0 Å². The van der Waals surface area contributed by atoms with Crippen molar-refractivity contribution in [1.29, 1.82) is 0 Å². The average Bonchev–Trinajstić information content (AvgIpc) is 0.918. The number of hydrogen-bond acceptors (Lipinski definition) is 0. The predicted octanol–water partition coefficient (Wildman–Crippen LogP) is 2.42. The Kier molecular flexibility index (Phi) is 909. The van der Waals surface area contributed by atoms with Gasteiger partial charge in [0, 0.05) is 26.2 Å². The normalized spacial score (nSPS) is 2.25. The van der Waals surface area contributed by atoms with E-state index in [0.29, 0.717) is 0 Å². The minimum absolute atomic E-state index is 0. The van der Waals surface area contributed by atoms with Crippen LogP contribution in [-0.2, 0) is 26.2 Å². The second-order valence-corrected chi connectivity index (χ2v) is 0.447. The summed E-state index contributed by atoms with van der Waals surface area (Å²) in [4.78, 5) is 0. The van der Waals surface area contributed by atoms with Crippen LogP contribution in [0.5, 0.6) is 0 Å². The summed E-state index contributed by atoms with van der Waals surface area (Å²) in [6.07, 6.45) is 0. The van der Waals surface area contributed by atoms with Crippen LogP contribution in [-0.4, -0.2) is 14.1 Å². The van der Waals surface area contributed by atoms with Gasteiger partial charge in [-0.05, 0) is 0 Å². The molecule has 0 aliphatic carbocycles. The van der Waals surface area contributed by atoms with E-state index in [0.717, 1.165) is 0 Å². The molecule has 2 heteroatoms. The predicted molar refractivity (Wildman–Crippen MR) is 40.9 cm³/mol. The molecule has 1 nitrogen and oxygen atoms in total. The van der Waals surface area contributed by atoms with E-state index in [1.54, 1.807) is 14.1 Å². The van der Waals surface area contributed by atoms with Gasteiger partial charge in [-0.1, -0.05) is 0 Å². The van der Waals surface area contributed by atoms with Crippen molar-refractivity contribution in [3.05, 3.63) is 35.0 Å². The van der Waals surface area contributed by atoms with Crippen molar-refractivity contribution in [3.63, 3.8) is 0 Å². The molecular weight excluding hydrogens is 177 g/mol. The fourth-order valence-electron chi connectivity index (χ4n) is 0. The zero-order chi connectivity index (χ0) is 2.71. The second kappa shape index (κ2) is 108. The molecule has 0 radical (unpaired) electrons. The van der Waals surface area contributed by atoms with E-state index < -0.39 is 0 Å². The van der Waals surface area contributed by atoms with Crippen molar-refractivity contribution < 1.29 is 26.2 Å². The van der Waals surface area contributed by atoms with Crippen LogP contribution in [0.2, 0.25) is 0 Å². The Bertz CT molecular complexity index is 8.49. The molecule has 0 bridgehead atoms. The summed E-state index contributed by atoms with van der Waals surface area (Å²) in [6, 6.07) is 0. The summed E-state index contributed by atoms with van der Waals surface area (Å²) in [5.41, 5.74) is 0. The minimum atomic E-state index is 0. The molecule has 0 saturated heterocycles. The average molecular weight is 195 g/mol. The van der Waals surface area contributed by atoms with E-state index in [1.165, 1.54) is 0 Å². The van der Waals surface area contributed by atoms with Gasteiger partial charge in [0.1, 0.15) is 0 Å². The van der Waals surface area contributed by atoms with Gasteiger partial charge >= 0.3 is 0 Å². The monoisotopic (exact) mass is 194 g/mol. The fourth-order valence-corrected chi connectivity index (χ4v) is 0. The summed E-state index contributed by atoms with van der Waals surface area (Å²) >= 11 is 0. The molecule has 0 rings (SSSR count). The van der Waals surface area contributed by atoms with Gasteiger partial charge in [0.25, 0.3) is 0 Å². The van der Waals surface area contributed by atoms with Crippen molar-refractivity contribution in [2.45, 2.75) is 0 Å². The van der Waals surface area contributed by atoms with Crippen LogP contribution in [0.4, 0.5) is 0 Å². The van der Waals surface area contributed by atoms with E-state index in [2.05, 4.69) is 5.32 Å². The SMILES string of the molecule is C[N-]C.[CH3-].[CH3-].[CH3-].[CH3-].[Zr]. The van der Waals surface area contributed by atoms with Crippen LogP contribution in [0.15, 0.2) is 0 Å². The van der Waals surface area contributed by atoms with Gasteiger partial charge in [-0.25, -0.2) is 0 Å². The van der Waals surface area contributed by atoms with Crippen LogP contribution in [0.25, 0.3) is 5.32 Å². The molecule has 0 aromatic carbocycles. The maximum Gasteiger partial charge on any atom is 0 e. The Balaban J connectivity index is -0.00000000200. The molecule has 0 aliphatic heterocycles. The molecule has 0 heterocycles. The topological polar surface area (TPSA) is 14.1 Å². The summed E-state index contributed by atoms with van der Waals surface area (Å²) in [7, 11) is 3.50. The first-order chi connectivity index (χ1) is 1.41. The zero-order valence-corrected chi connectivity index (χ0v) is 9.41. The summed E-state index contributed by atoms with van der Waals surface area (Å²) in [5.74, 6) is 0. The molecule has 56 valence electrons. The number of hydrogen-bond donors (Lipinski definition) is 0. The van der Waals surface area contributed by atoms with Crippen molar-refractivity contribution in [3.8, 4) is 0 Å². The number of nitrogens with zero attached hydrogens (tertiary/aromatic N) is 1. The van der Waals surface area contributed by atoms with Gasteiger partial charge in [-0.15, -0.1) is 0 Å². The molecule has 0 N–H and O–H groups in total. The summed E-state index contributed by atoms with van der Waals surface area (Å²) in [5, 5.41) is 3.50. The third-order valence-corrected chi connectivity index (χ3v) is 0. The van der Waals surface area contributed by atoms with E-state index in [9.17, 15) is 0 Å². The van der Waals surface area contributed by atoms with Crippen molar-refractivity contribution in [1.82, 2.24) is 0 Å². The molecule has 0 saturated carbocycles. The molecular formula is C6H18NZr-5. The number of rotatable bonds is 0. The van der Waals surface area contributed by atoms with Crippen LogP contribution in [0.1, 0.15) is 0 Å². The first-order valence-electron chi connectivity index (χ1n) is 0.894. The minimum Gasteiger partial charge on any atom is -0.668 e. The molecule has 0 amide bonds. The van der Waals surface area contributed by atoms with Gasteiger partial charge in [-0.2, -0.15) is 14.1 Å². The smallest absolute Gasteiger partial charge is 0 e. The van der Waals surface area contributed by atoms with E-state index >= 15 is 0 Å². The van der Waals surface area contributed by atoms with Gasteiger partial charge in [-0.3, -0.25) is 0 Å². The first kappa shape index (κ1) is 67.3. The standard InChI is InChI=1S/C2H6N.4CH3.Zr/c1-3-2;;;;;/h1-2H3;4*1H3;/q5*-1;. The Labute approximate surface area is 75.4 Å². The van der Waals surface area contributed by atoms with E-state index in [4.69, 9.17) is 0 Å². The molecule has 0 aromatic rings. The Morgan fingerprint density at radius 2 is 0.750 bits per heavy atom.